The maximum atomic E-state index is 11.8. The number of hydrogen-bond acceptors (Lipinski definition) is 4. The second-order valence-electron chi connectivity index (χ2n) is 5.98. The average molecular weight is 362 g/mol. The van der Waals surface area contributed by atoms with Crippen LogP contribution in [0, 0.1) is 0 Å². The molecular formula is C19H30N4O3. The zero-order valence-electron chi connectivity index (χ0n) is 16.0. The van der Waals surface area contributed by atoms with Crippen LogP contribution in [0.4, 0.5) is 4.79 Å². The molecular weight excluding hydrogens is 332 g/mol. The monoisotopic (exact) mass is 362 g/mol. The van der Waals surface area contributed by atoms with Crippen LogP contribution in [-0.2, 0) is 22.6 Å². The molecule has 7 nitrogen and oxygen atoms in total. The fraction of sp³-hybridized carbons (Fsp3) is 0.579. The normalized spacial score (nSPS) is 15.1. The number of guanidine groups is 1. The van der Waals surface area contributed by atoms with Crippen LogP contribution in [0.1, 0.15) is 25.0 Å². The van der Waals surface area contributed by atoms with E-state index in [4.69, 9.17) is 9.47 Å². The minimum atomic E-state index is -0.236. The van der Waals surface area contributed by atoms with E-state index < -0.39 is 0 Å². The van der Waals surface area contributed by atoms with Crippen LogP contribution in [0.25, 0.3) is 0 Å². The van der Waals surface area contributed by atoms with E-state index in [1.165, 1.54) is 11.1 Å². The molecule has 144 valence electrons. The molecule has 1 heterocycles. The molecule has 26 heavy (non-hydrogen) atoms. The van der Waals surface area contributed by atoms with Crippen molar-refractivity contribution >= 4 is 12.1 Å². The number of rotatable bonds is 6. The number of nitrogens with one attached hydrogen (secondary N) is 1. The number of amides is 1. The number of carbonyl (C=O) groups is 1. The topological polar surface area (TPSA) is 66.4 Å². The number of piperazine rings is 1. The molecule has 1 N–H and O–H groups in total. The number of aliphatic imine (C=N–C) groups is 1. The summed E-state index contributed by atoms with van der Waals surface area (Å²) in [6, 6.07) is 8.26. The van der Waals surface area contributed by atoms with Crippen molar-refractivity contribution in [1.82, 2.24) is 15.1 Å². The lowest BCUT2D eigenvalue weighted by Crippen LogP contribution is -2.53. The van der Waals surface area contributed by atoms with Gasteiger partial charge in [-0.05, 0) is 25.0 Å². The summed E-state index contributed by atoms with van der Waals surface area (Å²) >= 11 is 0. The first kappa shape index (κ1) is 20.0. The van der Waals surface area contributed by atoms with Crippen LogP contribution in [0.15, 0.2) is 29.3 Å². The molecule has 1 saturated heterocycles. The first-order valence-corrected chi connectivity index (χ1v) is 9.21. The van der Waals surface area contributed by atoms with Gasteiger partial charge in [-0.15, -0.1) is 0 Å². The number of carbonyl (C=O) groups excluding carboxylic acids is 1. The molecule has 7 heteroatoms. The molecule has 1 aromatic rings. The van der Waals surface area contributed by atoms with Crippen LogP contribution in [0.5, 0.6) is 0 Å². The molecule has 1 aromatic carbocycles. The van der Waals surface area contributed by atoms with Crippen LogP contribution in [0.2, 0.25) is 0 Å². The smallest absolute Gasteiger partial charge is 0.409 e. The van der Waals surface area contributed by atoms with Crippen LogP contribution < -0.4 is 5.32 Å². The average Bonchev–Trinajstić information content (AvgIpc) is 2.68. The largest absolute Gasteiger partial charge is 0.450 e. The van der Waals surface area contributed by atoms with Crippen molar-refractivity contribution in [2.24, 2.45) is 4.99 Å². The van der Waals surface area contributed by atoms with Gasteiger partial charge in [0.15, 0.2) is 5.96 Å². The molecule has 0 aromatic heterocycles. The summed E-state index contributed by atoms with van der Waals surface area (Å²) in [7, 11) is 1.78. The third kappa shape index (κ3) is 5.62. The summed E-state index contributed by atoms with van der Waals surface area (Å²) in [5, 5.41) is 3.43. The molecule has 1 aliphatic heterocycles. The van der Waals surface area contributed by atoms with Gasteiger partial charge in [-0.3, -0.25) is 4.99 Å². The van der Waals surface area contributed by atoms with Crippen molar-refractivity contribution in [1.29, 1.82) is 0 Å². The predicted octanol–water partition coefficient (Wildman–Crippen LogP) is 2.07. The Labute approximate surface area is 156 Å². The molecule has 0 saturated carbocycles. The van der Waals surface area contributed by atoms with Crippen LogP contribution in [-0.4, -0.2) is 68.3 Å². The fourth-order valence-corrected chi connectivity index (χ4v) is 2.90. The summed E-state index contributed by atoms with van der Waals surface area (Å²) in [6.07, 6.45) is -0.236. The lowest BCUT2D eigenvalue weighted by atomic mass is 10.1. The Morgan fingerprint density at radius 3 is 2.35 bits per heavy atom. The van der Waals surface area contributed by atoms with E-state index in [2.05, 4.69) is 27.3 Å². The maximum absolute atomic E-state index is 11.8. The zero-order chi connectivity index (χ0) is 18.8. The molecule has 0 atom stereocenters. The highest BCUT2D eigenvalue weighted by Crippen LogP contribution is 2.11. The van der Waals surface area contributed by atoms with Crippen molar-refractivity contribution in [2.45, 2.75) is 27.0 Å². The van der Waals surface area contributed by atoms with Gasteiger partial charge >= 0.3 is 6.09 Å². The van der Waals surface area contributed by atoms with E-state index in [0.29, 0.717) is 39.5 Å². The molecule has 0 radical (unpaired) electrons. The van der Waals surface area contributed by atoms with Gasteiger partial charge in [-0.25, -0.2) is 4.79 Å². The number of ether oxygens (including phenoxy) is 2. The van der Waals surface area contributed by atoms with Crippen molar-refractivity contribution in [3.8, 4) is 0 Å². The summed E-state index contributed by atoms with van der Waals surface area (Å²) in [4.78, 5) is 20.1. The summed E-state index contributed by atoms with van der Waals surface area (Å²) in [5.41, 5.74) is 2.39. The van der Waals surface area contributed by atoms with Gasteiger partial charge in [0.05, 0.1) is 13.2 Å². The van der Waals surface area contributed by atoms with Gasteiger partial charge < -0.3 is 24.6 Å². The highest BCUT2D eigenvalue weighted by Gasteiger charge is 2.23. The van der Waals surface area contributed by atoms with Gasteiger partial charge in [0, 0.05) is 46.4 Å². The van der Waals surface area contributed by atoms with Crippen LogP contribution in [0.3, 0.4) is 0 Å². The maximum Gasteiger partial charge on any atom is 0.409 e. The molecule has 1 fully saturated rings. The van der Waals surface area contributed by atoms with Crippen molar-refractivity contribution in [3.05, 3.63) is 35.4 Å². The quantitative estimate of drug-likeness (QED) is 0.620. The number of nitrogens with zero attached hydrogens (tertiary/aromatic N) is 3. The van der Waals surface area contributed by atoms with E-state index in [1.54, 1.807) is 11.9 Å². The highest BCUT2D eigenvalue weighted by atomic mass is 16.6. The molecule has 0 spiro atoms. The zero-order valence-corrected chi connectivity index (χ0v) is 16.0. The Balaban J connectivity index is 1.88. The Morgan fingerprint density at radius 2 is 1.73 bits per heavy atom. The van der Waals surface area contributed by atoms with Crippen LogP contribution >= 0.6 is 0 Å². The van der Waals surface area contributed by atoms with Crippen molar-refractivity contribution in [3.63, 3.8) is 0 Å². The first-order chi connectivity index (χ1) is 12.7. The second-order valence-corrected chi connectivity index (χ2v) is 5.98. The number of benzene rings is 1. The lowest BCUT2D eigenvalue weighted by Gasteiger charge is -2.35. The van der Waals surface area contributed by atoms with Gasteiger partial charge in [0.1, 0.15) is 0 Å². The third-order valence-electron chi connectivity index (χ3n) is 4.33. The molecule has 0 aliphatic carbocycles. The summed E-state index contributed by atoms with van der Waals surface area (Å²) in [6.45, 7) is 8.98. The Bertz CT molecular complexity index is 598. The van der Waals surface area contributed by atoms with Gasteiger partial charge in [-0.1, -0.05) is 24.3 Å². The van der Waals surface area contributed by atoms with Crippen molar-refractivity contribution < 1.29 is 14.3 Å². The second kappa shape index (κ2) is 10.7. The minimum Gasteiger partial charge on any atom is -0.450 e. The predicted molar refractivity (Wildman–Crippen MR) is 102 cm³/mol. The van der Waals surface area contributed by atoms with E-state index in [-0.39, 0.29) is 6.09 Å². The Morgan fingerprint density at radius 1 is 1.08 bits per heavy atom. The van der Waals surface area contributed by atoms with Gasteiger partial charge in [0.25, 0.3) is 0 Å². The van der Waals surface area contributed by atoms with Gasteiger partial charge in [0.2, 0.25) is 0 Å². The van der Waals surface area contributed by atoms with Crippen molar-refractivity contribution in [2.75, 3.05) is 46.4 Å². The number of hydrogen-bond donors (Lipinski definition) is 1. The standard InChI is InChI=1S/C19H30N4O3/c1-4-25-15-17-9-7-6-8-16(17)14-21-18(20-3)22-10-12-23(13-11-22)19(24)26-5-2/h6-9H,4-5,10-15H2,1-3H3,(H,20,21). The summed E-state index contributed by atoms with van der Waals surface area (Å²) < 4.78 is 10.6. The molecule has 1 amide bonds. The SMILES string of the molecule is CCOCc1ccccc1CNC(=NC)N1CCN(C(=O)OCC)CC1. The highest BCUT2D eigenvalue weighted by molar-refractivity contribution is 5.80. The lowest BCUT2D eigenvalue weighted by molar-refractivity contribution is 0.0914. The third-order valence-corrected chi connectivity index (χ3v) is 4.33. The summed E-state index contributed by atoms with van der Waals surface area (Å²) in [5.74, 6) is 0.847. The molecule has 0 unspecified atom stereocenters. The Kier molecular flexibility index (Phi) is 8.21. The first-order valence-electron chi connectivity index (χ1n) is 9.21. The molecule has 1 aliphatic rings. The van der Waals surface area contributed by atoms with E-state index in [1.807, 2.05) is 26.0 Å². The van der Waals surface area contributed by atoms with E-state index >= 15 is 0 Å². The minimum absolute atomic E-state index is 0.236. The Hall–Kier alpha value is -2.28. The van der Waals surface area contributed by atoms with E-state index in [9.17, 15) is 4.79 Å². The molecule has 2 rings (SSSR count). The van der Waals surface area contributed by atoms with Gasteiger partial charge in [-0.2, -0.15) is 0 Å². The van der Waals surface area contributed by atoms with E-state index in [0.717, 1.165) is 19.0 Å². The fourth-order valence-electron chi connectivity index (χ4n) is 2.90. The molecule has 0 bridgehead atoms.